The molecule has 0 saturated carbocycles. The molecular weight excluding hydrogens is 390 g/mol. The van der Waals surface area contributed by atoms with Crippen LogP contribution in [-0.4, -0.2) is 64.4 Å². The Morgan fingerprint density at radius 2 is 1.13 bits per heavy atom. The predicted molar refractivity (Wildman–Crippen MR) is 115 cm³/mol. The molecular formula is C22H37NO7. The molecule has 0 heterocycles. The SMILES string of the molecule is CCCCCCCCOCCOCCOCCOCCOc1ccc([N+](=O)[O-])cc1. The van der Waals surface area contributed by atoms with Crippen LogP contribution in [0, 0.1) is 10.1 Å². The zero-order valence-electron chi connectivity index (χ0n) is 18.2. The van der Waals surface area contributed by atoms with Gasteiger partial charge in [0.05, 0.1) is 51.2 Å². The second-order valence-electron chi connectivity index (χ2n) is 6.82. The van der Waals surface area contributed by atoms with E-state index in [1.165, 1.54) is 44.2 Å². The van der Waals surface area contributed by atoms with Gasteiger partial charge < -0.3 is 23.7 Å². The minimum Gasteiger partial charge on any atom is -0.491 e. The highest BCUT2D eigenvalue weighted by Crippen LogP contribution is 2.17. The van der Waals surface area contributed by atoms with E-state index < -0.39 is 4.92 Å². The Labute approximate surface area is 179 Å². The van der Waals surface area contributed by atoms with Crippen LogP contribution in [0.5, 0.6) is 5.75 Å². The van der Waals surface area contributed by atoms with E-state index in [0.29, 0.717) is 58.6 Å². The Morgan fingerprint density at radius 3 is 1.67 bits per heavy atom. The average Bonchev–Trinajstić information content (AvgIpc) is 2.75. The van der Waals surface area contributed by atoms with Crippen LogP contribution in [0.2, 0.25) is 0 Å². The van der Waals surface area contributed by atoms with E-state index in [2.05, 4.69) is 6.92 Å². The monoisotopic (exact) mass is 427 g/mol. The van der Waals surface area contributed by atoms with Crippen molar-refractivity contribution in [3.05, 3.63) is 34.4 Å². The third kappa shape index (κ3) is 15.1. The first kappa shape index (κ1) is 26.3. The number of unbranched alkanes of at least 4 members (excludes halogenated alkanes) is 5. The van der Waals surface area contributed by atoms with Gasteiger partial charge in [-0.3, -0.25) is 10.1 Å². The van der Waals surface area contributed by atoms with E-state index in [9.17, 15) is 10.1 Å². The van der Waals surface area contributed by atoms with E-state index in [4.69, 9.17) is 23.7 Å². The molecule has 30 heavy (non-hydrogen) atoms. The number of benzene rings is 1. The van der Waals surface area contributed by atoms with Gasteiger partial charge in [0, 0.05) is 18.7 Å². The summed E-state index contributed by atoms with van der Waals surface area (Å²) in [6, 6.07) is 5.96. The van der Waals surface area contributed by atoms with E-state index >= 15 is 0 Å². The lowest BCUT2D eigenvalue weighted by molar-refractivity contribution is -0.384. The second-order valence-corrected chi connectivity index (χ2v) is 6.82. The maximum Gasteiger partial charge on any atom is 0.269 e. The lowest BCUT2D eigenvalue weighted by Crippen LogP contribution is -2.13. The molecule has 0 bridgehead atoms. The van der Waals surface area contributed by atoms with E-state index in [1.54, 1.807) is 12.1 Å². The molecule has 0 atom stereocenters. The minimum atomic E-state index is -0.441. The molecule has 1 rings (SSSR count). The largest absolute Gasteiger partial charge is 0.491 e. The van der Waals surface area contributed by atoms with Gasteiger partial charge in [0.2, 0.25) is 0 Å². The number of nitro groups is 1. The third-order valence-electron chi connectivity index (χ3n) is 4.30. The van der Waals surface area contributed by atoms with Crippen molar-refractivity contribution in [2.45, 2.75) is 45.4 Å². The lowest BCUT2D eigenvalue weighted by Gasteiger charge is -2.08. The van der Waals surface area contributed by atoms with Gasteiger partial charge in [-0.2, -0.15) is 0 Å². The first-order valence-electron chi connectivity index (χ1n) is 10.9. The molecule has 8 nitrogen and oxygen atoms in total. The molecule has 0 radical (unpaired) electrons. The molecule has 0 aliphatic heterocycles. The lowest BCUT2D eigenvalue weighted by atomic mass is 10.1. The minimum absolute atomic E-state index is 0.0421. The first-order chi connectivity index (χ1) is 14.7. The van der Waals surface area contributed by atoms with Crippen molar-refractivity contribution in [1.82, 2.24) is 0 Å². The number of hydrogen-bond donors (Lipinski definition) is 0. The van der Waals surface area contributed by atoms with Crippen molar-refractivity contribution in [3.63, 3.8) is 0 Å². The van der Waals surface area contributed by atoms with Crippen molar-refractivity contribution in [3.8, 4) is 5.75 Å². The van der Waals surface area contributed by atoms with Crippen LogP contribution in [0.15, 0.2) is 24.3 Å². The molecule has 0 aliphatic rings. The number of nitrogens with zero attached hydrogens (tertiary/aromatic N) is 1. The molecule has 0 amide bonds. The van der Waals surface area contributed by atoms with Gasteiger partial charge in [-0.25, -0.2) is 0 Å². The number of hydrogen-bond acceptors (Lipinski definition) is 7. The summed E-state index contributed by atoms with van der Waals surface area (Å²) in [4.78, 5) is 10.1. The number of non-ortho nitro benzene ring substituents is 1. The second kappa shape index (κ2) is 19.2. The topological polar surface area (TPSA) is 89.3 Å². The van der Waals surface area contributed by atoms with Crippen molar-refractivity contribution < 1.29 is 28.6 Å². The van der Waals surface area contributed by atoms with Crippen molar-refractivity contribution in [2.24, 2.45) is 0 Å². The molecule has 0 fully saturated rings. The van der Waals surface area contributed by atoms with Crippen LogP contribution < -0.4 is 4.74 Å². The molecule has 0 N–H and O–H groups in total. The van der Waals surface area contributed by atoms with E-state index in [1.807, 2.05) is 0 Å². The maximum absolute atomic E-state index is 10.6. The normalized spacial score (nSPS) is 11.0. The van der Waals surface area contributed by atoms with Gasteiger partial charge in [-0.1, -0.05) is 39.0 Å². The Kier molecular flexibility index (Phi) is 16.9. The molecule has 1 aromatic rings. The van der Waals surface area contributed by atoms with Crippen LogP contribution in [0.25, 0.3) is 0 Å². The zero-order valence-corrected chi connectivity index (χ0v) is 18.2. The number of rotatable bonds is 21. The van der Waals surface area contributed by atoms with Gasteiger partial charge in [-0.15, -0.1) is 0 Å². The summed E-state index contributed by atoms with van der Waals surface area (Å²) in [7, 11) is 0. The summed E-state index contributed by atoms with van der Waals surface area (Å²) < 4.78 is 27.3. The Bertz CT molecular complexity index is 525. The van der Waals surface area contributed by atoms with Gasteiger partial charge in [-0.05, 0) is 18.6 Å². The fourth-order valence-electron chi connectivity index (χ4n) is 2.63. The van der Waals surface area contributed by atoms with Crippen molar-refractivity contribution >= 4 is 5.69 Å². The fraction of sp³-hybridized carbons (Fsp3) is 0.727. The zero-order chi connectivity index (χ0) is 21.7. The molecule has 172 valence electrons. The highest BCUT2D eigenvalue weighted by atomic mass is 16.6. The van der Waals surface area contributed by atoms with Gasteiger partial charge in [0.1, 0.15) is 12.4 Å². The summed E-state index contributed by atoms with van der Waals surface area (Å²) in [5.74, 6) is 0.577. The molecule has 8 heteroatoms. The molecule has 0 saturated heterocycles. The van der Waals surface area contributed by atoms with Crippen LogP contribution in [0.3, 0.4) is 0 Å². The Morgan fingerprint density at radius 1 is 0.667 bits per heavy atom. The summed E-state index contributed by atoms with van der Waals surface area (Å²) in [5.41, 5.74) is 0.0421. The molecule has 0 aromatic heterocycles. The maximum atomic E-state index is 10.6. The standard InChI is InChI=1S/C22H37NO7/c1-2-3-4-5-6-7-12-26-13-14-27-15-16-28-17-18-29-19-20-30-22-10-8-21(9-11-22)23(24)25/h8-11H,2-7,12-20H2,1H3. The third-order valence-corrected chi connectivity index (χ3v) is 4.30. The summed E-state index contributed by atoms with van der Waals surface area (Å²) in [5, 5.41) is 10.6. The smallest absolute Gasteiger partial charge is 0.269 e. The fourth-order valence-corrected chi connectivity index (χ4v) is 2.63. The average molecular weight is 428 g/mol. The highest BCUT2D eigenvalue weighted by Gasteiger charge is 2.04. The summed E-state index contributed by atoms with van der Waals surface area (Å²) >= 11 is 0. The van der Waals surface area contributed by atoms with Gasteiger partial charge >= 0.3 is 0 Å². The van der Waals surface area contributed by atoms with E-state index in [-0.39, 0.29) is 5.69 Å². The van der Waals surface area contributed by atoms with Crippen LogP contribution in [0.1, 0.15) is 45.4 Å². The summed E-state index contributed by atoms with van der Waals surface area (Å²) in [6.07, 6.45) is 7.64. The number of ether oxygens (including phenoxy) is 5. The summed E-state index contributed by atoms with van der Waals surface area (Å²) in [6.45, 7) is 7.11. The molecule has 1 aromatic carbocycles. The Hall–Kier alpha value is -1.74. The number of nitro benzene ring substituents is 1. The highest BCUT2D eigenvalue weighted by molar-refractivity contribution is 5.35. The molecule has 0 spiro atoms. The van der Waals surface area contributed by atoms with E-state index in [0.717, 1.165) is 13.0 Å². The van der Waals surface area contributed by atoms with Gasteiger partial charge in [0.25, 0.3) is 5.69 Å². The van der Waals surface area contributed by atoms with Crippen LogP contribution in [0.4, 0.5) is 5.69 Å². The van der Waals surface area contributed by atoms with Crippen molar-refractivity contribution in [1.29, 1.82) is 0 Å². The quantitative estimate of drug-likeness (QED) is 0.163. The Balaban J connectivity index is 1.76. The van der Waals surface area contributed by atoms with Gasteiger partial charge in [0.15, 0.2) is 0 Å². The molecule has 0 unspecified atom stereocenters. The van der Waals surface area contributed by atoms with Crippen LogP contribution >= 0.6 is 0 Å². The van der Waals surface area contributed by atoms with Crippen molar-refractivity contribution in [2.75, 3.05) is 59.5 Å². The first-order valence-corrected chi connectivity index (χ1v) is 10.9. The molecule has 0 aliphatic carbocycles. The van der Waals surface area contributed by atoms with Crippen LogP contribution in [-0.2, 0) is 18.9 Å². The predicted octanol–water partition coefficient (Wildman–Crippen LogP) is 4.40.